The molecule has 0 aromatic rings. The fourth-order valence-electron chi connectivity index (χ4n) is 2.70. The maximum atomic E-state index is 9.06. The molecule has 86 valence electrons. The molecule has 1 saturated heterocycles. The second kappa shape index (κ2) is 5.66. The van der Waals surface area contributed by atoms with Crippen molar-refractivity contribution in [3.05, 3.63) is 11.6 Å². The van der Waals surface area contributed by atoms with Gasteiger partial charge in [0.2, 0.25) is 0 Å². The zero-order valence-corrected chi connectivity index (χ0v) is 9.62. The SMILES string of the molecule is OCC1CCN(CCC2=CCCCC2)C1. The summed E-state index contributed by atoms with van der Waals surface area (Å²) in [5, 5.41) is 9.06. The van der Waals surface area contributed by atoms with Gasteiger partial charge in [0.25, 0.3) is 0 Å². The van der Waals surface area contributed by atoms with Crippen LogP contribution >= 0.6 is 0 Å². The Morgan fingerprint density at radius 2 is 2.33 bits per heavy atom. The van der Waals surface area contributed by atoms with E-state index in [4.69, 9.17) is 5.11 Å². The lowest BCUT2D eigenvalue weighted by Crippen LogP contribution is -2.23. The van der Waals surface area contributed by atoms with Crippen molar-refractivity contribution in [2.45, 2.75) is 38.5 Å². The third kappa shape index (κ3) is 3.32. The van der Waals surface area contributed by atoms with Crippen molar-refractivity contribution in [1.82, 2.24) is 4.90 Å². The number of likely N-dealkylation sites (tertiary alicyclic amines) is 1. The maximum Gasteiger partial charge on any atom is 0.0471 e. The van der Waals surface area contributed by atoms with Crippen LogP contribution < -0.4 is 0 Å². The van der Waals surface area contributed by atoms with Crippen LogP contribution in [0, 0.1) is 5.92 Å². The quantitative estimate of drug-likeness (QED) is 0.717. The largest absolute Gasteiger partial charge is 0.396 e. The summed E-state index contributed by atoms with van der Waals surface area (Å²) in [6, 6.07) is 0. The van der Waals surface area contributed by atoms with Crippen LogP contribution in [0.2, 0.25) is 0 Å². The highest BCUT2D eigenvalue weighted by Gasteiger charge is 2.21. The molecule has 0 saturated carbocycles. The smallest absolute Gasteiger partial charge is 0.0471 e. The zero-order chi connectivity index (χ0) is 10.5. The van der Waals surface area contributed by atoms with Crippen molar-refractivity contribution in [2.75, 3.05) is 26.2 Å². The molecule has 1 heterocycles. The lowest BCUT2D eigenvalue weighted by atomic mass is 9.97. The van der Waals surface area contributed by atoms with Crippen molar-refractivity contribution in [1.29, 1.82) is 0 Å². The number of hydrogen-bond donors (Lipinski definition) is 1. The first-order chi connectivity index (χ1) is 7.38. The molecule has 2 aliphatic rings. The molecule has 0 bridgehead atoms. The van der Waals surface area contributed by atoms with Crippen LogP contribution in [0.5, 0.6) is 0 Å². The van der Waals surface area contributed by atoms with Gasteiger partial charge in [-0.1, -0.05) is 11.6 Å². The predicted octanol–water partition coefficient (Wildman–Crippen LogP) is 2.19. The van der Waals surface area contributed by atoms with Crippen molar-refractivity contribution in [3.8, 4) is 0 Å². The predicted molar refractivity (Wildman–Crippen MR) is 62.8 cm³/mol. The Morgan fingerprint density at radius 1 is 1.40 bits per heavy atom. The van der Waals surface area contributed by atoms with Crippen LogP contribution in [0.3, 0.4) is 0 Å². The molecule has 0 spiro atoms. The molecule has 0 radical (unpaired) electrons. The van der Waals surface area contributed by atoms with E-state index in [9.17, 15) is 0 Å². The van der Waals surface area contributed by atoms with E-state index >= 15 is 0 Å². The summed E-state index contributed by atoms with van der Waals surface area (Å²) in [7, 11) is 0. The molecular formula is C13H23NO. The number of rotatable bonds is 4. The van der Waals surface area contributed by atoms with Crippen molar-refractivity contribution in [3.63, 3.8) is 0 Å². The first-order valence-electron chi connectivity index (χ1n) is 6.39. The maximum absolute atomic E-state index is 9.06. The van der Waals surface area contributed by atoms with E-state index < -0.39 is 0 Å². The van der Waals surface area contributed by atoms with Crippen LogP contribution in [0.1, 0.15) is 38.5 Å². The minimum Gasteiger partial charge on any atom is -0.396 e. The Kier molecular flexibility index (Phi) is 4.21. The van der Waals surface area contributed by atoms with Gasteiger partial charge in [-0.25, -0.2) is 0 Å². The third-order valence-electron chi connectivity index (χ3n) is 3.76. The molecule has 1 N–H and O–H groups in total. The van der Waals surface area contributed by atoms with Gasteiger partial charge in [0.05, 0.1) is 0 Å². The highest BCUT2D eigenvalue weighted by Crippen LogP contribution is 2.22. The average molecular weight is 209 g/mol. The van der Waals surface area contributed by atoms with E-state index in [1.54, 1.807) is 5.57 Å². The van der Waals surface area contributed by atoms with Gasteiger partial charge >= 0.3 is 0 Å². The van der Waals surface area contributed by atoms with Crippen LogP contribution in [0.15, 0.2) is 11.6 Å². The Labute approximate surface area is 93.0 Å². The van der Waals surface area contributed by atoms with Crippen molar-refractivity contribution >= 4 is 0 Å². The van der Waals surface area contributed by atoms with Gasteiger partial charge < -0.3 is 10.0 Å². The summed E-state index contributed by atoms with van der Waals surface area (Å²) < 4.78 is 0. The molecule has 0 aromatic carbocycles. The number of nitrogens with zero attached hydrogens (tertiary/aromatic N) is 1. The Morgan fingerprint density at radius 3 is 3.00 bits per heavy atom. The van der Waals surface area contributed by atoms with Gasteiger partial charge in [-0.15, -0.1) is 0 Å². The number of hydrogen-bond acceptors (Lipinski definition) is 2. The normalized spacial score (nSPS) is 28.1. The van der Waals surface area contributed by atoms with Gasteiger partial charge in [0, 0.05) is 19.7 Å². The van der Waals surface area contributed by atoms with Gasteiger partial charge in [-0.05, 0) is 51.0 Å². The second-order valence-corrected chi connectivity index (χ2v) is 5.00. The first-order valence-corrected chi connectivity index (χ1v) is 6.39. The minimum atomic E-state index is 0.374. The number of allylic oxidation sites excluding steroid dienone is 1. The molecule has 0 amide bonds. The van der Waals surface area contributed by atoms with E-state index in [2.05, 4.69) is 11.0 Å². The highest BCUT2D eigenvalue weighted by molar-refractivity contribution is 5.05. The first kappa shape index (κ1) is 11.2. The molecule has 0 aromatic heterocycles. The minimum absolute atomic E-state index is 0.374. The number of aliphatic hydroxyl groups excluding tert-OH is 1. The van der Waals surface area contributed by atoms with Crippen LogP contribution in [0.4, 0.5) is 0 Å². The summed E-state index contributed by atoms with van der Waals surface area (Å²) in [4.78, 5) is 2.51. The van der Waals surface area contributed by atoms with E-state index in [1.807, 2.05) is 0 Å². The van der Waals surface area contributed by atoms with Gasteiger partial charge in [0.1, 0.15) is 0 Å². The lowest BCUT2D eigenvalue weighted by molar-refractivity contribution is 0.222. The Balaban J connectivity index is 1.67. The van der Waals surface area contributed by atoms with Crippen LogP contribution in [-0.2, 0) is 0 Å². The van der Waals surface area contributed by atoms with Crippen LogP contribution in [-0.4, -0.2) is 36.2 Å². The molecule has 1 fully saturated rings. The molecule has 2 rings (SSSR count). The Hall–Kier alpha value is -0.340. The fraction of sp³-hybridized carbons (Fsp3) is 0.846. The fourth-order valence-corrected chi connectivity index (χ4v) is 2.70. The topological polar surface area (TPSA) is 23.5 Å². The molecule has 1 aliphatic heterocycles. The summed E-state index contributed by atoms with van der Waals surface area (Å²) in [5.41, 5.74) is 1.67. The molecule has 1 aliphatic carbocycles. The molecule has 15 heavy (non-hydrogen) atoms. The molecule has 1 atom stereocenters. The lowest BCUT2D eigenvalue weighted by Gasteiger charge is -2.18. The molecule has 2 heteroatoms. The summed E-state index contributed by atoms with van der Waals surface area (Å²) in [5.74, 6) is 0.547. The summed E-state index contributed by atoms with van der Waals surface area (Å²) >= 11 is 0. The van der Waals surface area contributed by atoms with Gasteiger partial charge in [0.15, 0.2) is 0 Å². The standard InChI is InChI=1S/C13H23NO/c15-11-13-7-9-14(10-13)8-6-12-4-2-1-3-5-12/h4,13,15H,1-3,5-11H2. The van der Waals surface area contributed by atoms with Crippen molar-refractivity contribution < 1.29 is 5.11 Å². The molecule has 2 nitrogen and oxygen atoms in total. The third-order valence-corrected chi connectivity index (χ3v) is 3.76. The molecular weight excluding hydrogens is 186 g/mol. The van der Waals surface area contributed by atoms with E-state index in [0.29, 0.717) is 12.5 Å². The second-order valence-electron chi connectivity index (χ2n) is 5.00. The van der Waals surface area contributed by atoms with Gasteiger partial charge in [-0.2, -0.15) is 0 Å². The average Bonchev–Trinajstić information content (AvgIpc) is 2.76. The van der Waals surface area contributed by atoms with E-state index in [1.165, 1.54) is 51.6 Å². The van der Waals surface area contributed by atoms with Gasteiger partial charge in [-0.3, -0.25) is 0 Å². The van der Waals surface area contributed by atoms with Crippen LogP contribution in [0.25, 0.3) is 0 Å². The van der Waals surface area contributed by atoms with E-state index in [0.717, 1.165) is 6.54 Å². The molecule has 1 unspecified atom stereocenters. The Bertz CT molecular complexity index is 225. The summed E-state index contributed by atoms with van der Waals surface area (Å²) in [6.07, 6.45) is 10.3. The monoisotopic (exact) mass is 209 g/mol. The summed E-state index contributed by atoms with van der Waals surface area (Å²) in [6.45, 7) is 3.89. The van der Waals surface area contributed by atoms with E-state index in [-0.39, 0.29) is 0 Å². The van der Waals surface area contributed by atoms with Crippen molar-refractivity contribution in [2.24, 2.45) is 5.92 Å². The highest BCUT2D eigenvalue weighted by atomic mass is 16.3. The zero-order valence-electron chi connectivity index (χ0n) is 9.62. The number of aliphatic hydroxyl groups is 1.